The first kappa shape index (κ1) is 20.4. The van der Waals surface area contributed by atoms with Crippen molar-refractivity contribution in [3.63, 3.8) is 0 Å². The van der Waals surface area contributed by atoms with E-state index in [0.29, 0.717) is 6.42 Å². The number of esters is 2. The third kappa shape index (κ3) is 13.4. The quantitative estimate of drug-likeness (QED) is 0.392. The van der Waals surface area contributed by atoms with E-state index in [0.717, 1.165) is 32.1 Å². The van der Waals surface area contributed by atoms with Crippen LogP contribution in [0.1, 0.15) is 58.3 Å². The molecule has 0 rings (SSSR count). The topological polar surface area (TPSA) is 110 Å². The van der Waals surface area contributed by atoms with E-state index in [2.05, 4.69) is 11.7 Å². The maximum atomic E-state index is 11.4. The van der Waals surface area contributed by atoms with Gasteiger partial charge in [0.05, 0.1) is 12.8 Å². The van der Waals surface area contributed by atoms with Gasteiger partial charge in [0.2, 0.25) is 0 Å². The molecular formula is C15H26O7. The van der Waals surface area contributed by atoms with Gasteiger partial charge in [-0.25, -0.2) is 0 Å². The summed E-state index contributed by atoms with van der Waals surface area (Å²) in [5.41, 5.74) is 0. The van der Waals surface area contributed by atoms with Crippen LogP contribution in [0.15, 0.2) is 0 Å². The summed E-state index contributed by atoms with van der Waals surface area (Å²) < 4.78 is 9.53. The predicted molar refractivity (Wildman–Crippen MR) is 78.2 cm³/mol. The van der Waals surface area contributed by atoms with Gasteiger partial charge >= 0.3 is 17.9 Å². The SMILES string of the molecule is CCCCCCCC(=O)OCC(O)COC(=O)CCC(=O)O. The number of aliphatic carboxylic acids is 1. The second-order valence-electron chi connectivity index (χ2n) is 5.08. The van der Waals surface area contributed by atoms with Gasteiger partial charge in [0, 0.05) is 6.42 Å². The molecule has 0 fully saturated rings. The van der Waals surface area contributed by atoms with Crippen LogP contribution in [0, 0.1) is 0 Å². The molecule has 1 atom stereocenters. The van der Waals surface area contributed by atoms with Crippen LogP contribution in [0.25, 0.3) is 0 Å². The van der Waals surface area contributed by atoms with Crippen molar-refractivity contribution in [3.05, 3.63) is 0 Å². The smallest absolute Gasteiger partial charge is 0.306 e. The van der Waals surface area contributed by atoms with Gasteiger partial charge in [0.15, 0.2) is 0 Å². The molecule has 7 nitrogen and oxygen atoms in total. The van der Waals surface area contributed by atoms with E-state index in [1.165, 1.54) is 0 Å². The fourth-order valence-electron chi connectivity index (χ4n) is 1.65. The summed E-state index contributed by atoms with van der Waals surface area (Å²) >= 11 is 0. The molecular weight excluding hydrogens is 292 g/mol. The lowest BCUT2D eigenvalue weighted by molar-refractivity contribution is -0.154. The number of rotatable bonds is 13. The molecule has 0 spiro atoms. The van der Waals surface area contributed by atoms with Gasteiger partial charge in [-0.1, -0.05) is 32.6 Å². The average molecular weight is 318 g/mol. The molecule has 22 heavy (non-hydrogen) atoms. The molecule has 0 heterocycles. The van der Waals surface area contributed by atoms with E-state index in [1.54, 1.807) is 0 Å². The van der Waals surface area contributed by atoms with E-state index in [4.69, 9.17) is 9.84 Å². The molecule has 1 unspecified atom stereocenters. The number of unbranched alkanes of at least 4 members (excludes halogenated alkanes) is 4. The van der Waals surface area contributed by atoms with E-state index in [9.17, 15) is 19.5 Å². The third-order valence-electron chi connectivity index (χ3n) is 2.90. The molecule has 0 aromatic carbocycles. The number of ether oxygens (including phenoxy) is 2. The van der Waals surface area contributed by atoms with E-state index in [-0.39, 0.29) is 32.0 Å². The first-order valence-electron chi connectivity index (χ1n) is 7.66. The predicted octanol–water partition coefficient (Wildman–Crippen LogP) is 1.66. The van der Waals surface area contributed by atoms with Crippen LogP contribution in [0.2, 0.25) is 0 Å². The Morgan fingerprint density at radius 2 is 1.41 bits per heavy atom. The van der Waals surface area contributed by atoms with Gasteiger partial charge in [-0.2, -0.15) is 0 Å². The Kier molecular flexibility index (Phi) is 12.1. The average Bonchev–Trinajstić information content (AvgIpc) is 2.48. The van der Waals surface area contributed by atoms with E-state index in [1.807, 2.05) is 0 Å². The normalized spacial score (nSPS) is 11.7. The summed E-state index contributed by atoms with van der Waals surface area (Å²) in [5.74, 6) is -2.18. The van der Waals surface area contributed by atoms with Crippen molar-refractivity contribution in [1.82, 2.24) is 0 Å². The van der Waals surface area contributed by atoms with Crippen LogP contribution in [0.4, 0.5) is 0 Å². The zero-order chi connectivity index (χ0) is 16.8. The molecule has 0 saturated heterocycles. The third-order valence-corrected chi connectivity index (χ3v) is 2.90. The number of carbonyl (C=O) groups excluding carboxylic acids is 2. The number of carbonyl (C=O) groups is 3. The molecule has 2 N–H and O–H groups in total. The van der Waals surface area contributed by atoms with Crippen molar-refractivity contribution in [2.24, 2.45) is 0 Å². The molecule has 128 valence electrons. The molecule has 0 bridgehead atoms. The number of aliphatic hydroxyl groups excluding tert-OH is 1. The number of aliphatic hydroxyl groups is 1. The van der Waals surface area contributed by atoms with Crippen LogP contribution in [0.3, 0.4) is 0 Å². The number of hydrogen-bond donors (Lipinski definition) is 2. The van der Waals surface area contributed by atoms with E-state index >= 15 is 0 Å². The molecule has 0 radical (unpaired) electrons. The van der Waals surface area contributed by atoms with Crippen molar-refractivity contribution in [2.75, 3.05) is 13.2 Å². The molecule has 0 aliphatic rings. The largest absolute Gasteiger partial charge is 0.481 e. The summed E-state index contributed by atoms with van der Waals surface area (Å²) in [6, 6.07) is 0. The van der Waals surface area contributed by atoms with Gasteiger partial charge in [0.25, 0.3) is 0 Å². The Hall–Kier alpha value is -1.63. The highest BCUT2D eigenvalue weighted by molar-refractivity contribution is 5.76. The van der Waals surface area contributed by atoms with Crippen molar-refractivity contribution in [3.8, 4) is 0 Å². The second kappa shape index (κ2) is 13.1. The minimum absolute atomic E-state index is 0.236. The molecule has 0 aromatic rings. The van der Waals surface area contributed by atoms with Crippen LogP contribution in [-0.2, 0) is 23.9 Å². The number of carboxylic acid groups (broad SMARTS) is 1. The first-order chi connectivity index (χ1) is 10.5. The summed E-state index contributed by atoms with van der Waals surface area (Å²) in [4.78, 5) is 32.8. The first-order valence-corrected chi connectivity index (χ1v) is 7.66. The highest BCUT2D eigenvalue weighted by atomic mass is 16.6. The zero-order valence-electron chi connectivity index (χ0n) is 13.1. The molecule has 0 saturated carbocycles. The zero-order valence-corrected chi connectivity index (χ0v) is 13.1. The van der Waals surface area contributed by atoms with Crippen molar-refractivity contribution in [2.45, 2.75) is 64.4 Å². The molecule has 0 aliphatic carbocycles. The molecule has 0 amide bonds. The van der Waals surface area contributed by atoms with Gasteiger partial charge in [0.1, 0.15) is 19.3 Å². The Balaban J connectivity index is 3.58. The Labute approximate surface area is 130 Å². The summed E-state index contributed by atoms with van der Waals surface area (Å²) in [5, 5.41) is 17.9. The minimum atomic E-state index is -1.10. The van der Waals surface area contributed by atoms with Crippen LogP contribution >= 0.6 is 0 Å². The monoisotopic (exact) mass is 318 g/mol. The fourth-order valence-corrected chi connectivity index (χ4v) is 1.65. The fraction of sp³-hybridized carbons (Fsp3) is 0.800. The second-order valence-corrected chi connectivity index (χ2v) is 5.08. The Morgan fingerprint density at radius 1 is 0.864 bits per heavy atom. The van der Waals surface area contributed by atoms with Crippen LogP contribution < -0.4 is 0 Å². The van der Waals surface area contributed by atoms with Crippen molar-refractivity contribution < 1.29 is 34.1 Å². The molecule has 0 aliphatic heterocycles. The lowest BCUT2D eigenvalue weighted by Gasteiger charge is -2.11. The summed E-state index contributed by atoms with van der Waals surface area (Å²) in [6.45, 7) is 1.56. The Morgan fingerprint density at radius 3 is 1.95 bits per heavy atom. The van der Waals surface area contributed by atoms with Gasteiger partial charge in [-0.15, -0.1) is 0 Å². The highest BCUT2D eigenvalue weighted by Crippen LogP contribution is 2.06. The van der Waals surface area contributed by atoms with Crippen molar-refractivity contribution in [1.29, 1.82) is 0 Å². The Bertz CT molecular complexity index is 341. The maximum absolute atomic E-state index is 11.4. The lowest BCUT2D eigenvalue weighted by Crippen LogP contribution is -2.25. The lowest BCUT2D eigenvalue weighted by atomic mass is 10.1. The molecule has 7 heteroatoms. The van der Waals surface area contributed by atoms with Crippen LogP contribution in [0.5, 0.6) is 0 Å². The maximum Gasteiger partial charge on any atom is 0.306 e. The summed E-state index contributed by atoms with van der Waals surface area (Å²) in [7, 11) is 0. The van der Waals surface area contributed by atoms with Crippen LogP contribution in [-0.4, -0.2) is 47.4 Å². The van der Waals surface area contributed by atoms with E-state index < -0.39 is 18.0 Å². The number of hydrogen-bond acceptors (Lipinski definition) is 6. The van der Waals surface area contributed by atoms with Gasteiger partial charge < -0.3 is 19.7 Å². The number of carboxylic acids is 1. The van der Waals surface area contributed by atoms with Gasteiger partial charge in [-0.3, -0.25) is 14.4 Å². The minimum Gasteiger partial charge on any atom is -0.481 e. The molecule has 0 aromatic heterocycles. The van der Waals surface area contributed by atoms with Crippen molar-refractivity contribution >= 4 is 17.9 Å². The van der Waals surface area contributed by atoms with Gasteiger partial charge in [-0.05, 0) is 6.42 Å². The summed E-state index contributed by atoms with van der Waals surface area (Å²) in [6.07, 6.45) is 3.78. The standard InChI is InChI=1S/C15H26O7/c1-2-3-4-5-6-7-14(19)21-10-12(16)11-22-15(20)9-8-13(17)18/h12,16H,2-11H2,1H3,(H,17,18). The highest BCUT2D eigenvalue weighted by Gasteiger charge is 2.12.